The third-order valence-corrected chi connectivity index (χ3v) is 5.42. The van der Waals surface area contributed by atoms with Gasteiger partial charge in [-0.2, -0.15) is 8.42 Å². The summed E-state index contributed by atoms with van der Waals surface area (Å²) in [6.07, 6.45) is 5.07. The van der Waals surface area contributed by atoms with Crippen LogP contribution in [0.3, 0.4) is 0 Å². The molecule has 1 N–H and O–H groups in total. The fourth-order valence-electron chi connectivity index (χ4n) is 2.64. The van der Waals surface area contributed by atoms with Crippen LogP contribution in [-0.2, 0) is 17.1 Å². The molecule has 7 heteroatoms. The normalized spacial score (nSPS) is 11.5. The minimum absolute atomic E-state index is 0.0114. The van der Waals surface area contributed by atoms with Crippen molar-refractivity contribution in [3.8, 4) is 11.1 Å². The summed E-state index contributed by atoms with van der Waals surface area (Å²) in [5.74, 6) is 0.638. The van der Waals surface area contributed by atoms with Crippen molar-refractivity contribution in [3.63, 3.8) is 0 Å². The van der Waals surface area contributed by atoms with Crippen molar-refractivity contribution >= 4 is 15.7 Å². The molecule has 0 spiro atoms. The first-order valence-electron chi connectivity index (χ1n) is 7.82. The van der Waals surface area contributed by atoms with Gasteiger partial charge in [0.2, 0.25) is 0 Å². The third kappa shape index (κ3) is 3.41. The average molecular weight is 356 g/mol. The standard InChI is InChI=1S/C18H20N4O2S/c1-12-7-8-19-10-17(12)16-6-5-15(9-13(16)2)21-25(23,24)18-11-22(4)14(3)20-18/h5-11,21H,1-4H3. The van der Waals surface area contributed by atoms with Crippen LogP contribution >= 0.6 is 0 Å². The Morgan fingerprint density at radius 1 is 1.04 bits per heavy atom. The van der Waals surface area contributed by atoms with Gasteiger partial charge in [-0.05, 0) is 55.7 Å². The maximum absolute atomic E-state index is 12.5. The predicted octanol–water partition coefficient (Wildman–Crippen LogP) is 3.21. The molecule has 1 aromatic carbocycles. The number of pyridine rings is 1. The van der Waals surface area contributed by atoms with Crippen molar-refractivity contribution in [2.24, 2.45) is 7.05 Å². The van der Waals surface area contributed by atoms with Crippen LogP contribution in [-0.4, -0.2) is 23.0 Å². The Balaban J connectivity index is 1.92. The van der Waals surface area contributed by atoms with Gasteiger partial charge < -0.3 is 4.57 Å². The Labute approximate surface area is 147 Å². The van der Waals surface area contributed by atoms with E-state index in [1.54, 1.807) is 30.8 Å². The molecular formula is C18H20N4O2S. The van der Waals surface area contributed by atoms with E-state index in [1.807, 2.05) is 38.2 Å². The van der Waals surface area contributed by atoms with Crippen molar-refractivity contribution in [1.82, 2.24) is 14.5 Å². The maximum Gasteiger partial charge on any atom is 0.280 e. The lowest BCUT2D eigenvalue weighted by Gasteiger charge is -2.12. The Bertz CT molecular complexity index is 1020. The molecular weight excluding hydrogens is 336 g/mol. The highest BCUT2D eigenvalue weighted by Gasteiger charge is 2.19. The molecule has 0 atom stereocenters. The molecule has 3 aromatic rings. The summed E-state index contributed by atoms with van der Waals surface area (Å²) in [5.41, 5.74) is 4.66. The molecule has 0 bridgehead atoms. The van der Waals surface area contributed by atoms with Gasteiger partial charge in [0.25, 0.3) is 10.0 Å². The lowest BCUT2D eigenvalue weighted by molar-refractivity contribution is 0.598. The largest absolute Gasteiger partial charge is 0.337 e. The van der Waals surface area contributed by atoms with Gasteiger partial charge >= 0.3 is 0 Å². The highest BCUT2D eigenvalue weighted by molar-refractivity contribution is 7.92. The van der Waals surface area contributed by atoms with Crippen LogP contribution in [0.1, 0.15) is 17.0 Å². The Kier molecular flexibility index (Phi) is 4.34. The lowest BCUT2D eigenvalue weighted by Crippen LogP contribution is -2.13. The van der Waals surface area contributed by atoms with Gasteiger partial charge in [0.05, 0.1) is 0 Å². The molecule has 2 heterocycles. The monoisotopic (exact) mass is 356 g/mol. The van der Waals surface area contributed by atoms with Crippen LogP contribution in [0, 0.1) is 20.8 Å². The van der Waals surface area contributed by atoms with Gasteiger partial charge in [-0.1, -0.05) is 6.07 Å². The van der Waals surface area contributed by atoms with Crippen molar-refractivity contribution in [2.45, 2.75) is 25.8 Å². The molecule has 0 aliphatic rings. The highest BCUT2D eigenvalue weighted by Crippen LogP contribution is 2.28. The number of aryl methyl sites for hydroxylation is 4. The van der Waals surface area contributed by atoms with Gasteiger partial charge in [-0.25, -0.2) is 4.98 Å². The van der Waals surface area contributed by atoms with Gasteiger partial charge in [0, 0.05) is 36.9 Å². The van der Waals surface area contributed by atoms with E-state index in [0.717, 1.165) is 22.3 Å². The second-order valence-electron chi connectivity index (χ2n) is 6.06. The Morgan fingerprint density at radius 2 is 1.80 bits per heavy atom. The molecule has 0 unspecified atom stereocenters. The van der Waals surface area contributed by atoms with Crippen LogP contribution in [0.2, 0.25) is 0 Å². The minimum atomic E-state index is -3.71. The van der Waals surface area contributed by atoms with E-state index in [4.69, 9.17) is 0 Å². The average Bonchev–Trinajstić information content (AvgIpc) is 2.89. The number of benzene rings is 1. The molecule has 0 saturated heterocycles. The van der Waals surface area contributed by atoms with E-state index in [1.165, 1.54) is 6.20 Å². The Morgan fingerprint density at radius 3 is 2.40 bits per heavy atom. The summed E-state index contributed by atoms with van der Waals surface area (Å²) >= 11 is 0. The number of hydrogen-bond donors (Lipinski definition) is 1. The van der Waals surface area contributed by atoms with E-state index in [-0.39, 0.29) is 5.03 Å². The minimum Gasteiger partial charge on any atom is -0.337 e. The number of nitrogens with zero attached hydrogens (tertiary/aromatic N) is 3. The summed E-state index contributed by atoms with van der Waals surface area (Å²) in [5, 5.41) is 0.0114. The molecule has 2 aromatic heterocycles. The van der Waals surface area contributed by atoms with Crippen molar-refractivity contribution in [1.29, 1.82) is 0 Å². The number of imidazole rings is 1. The zero-order valence-corrected chi connectivity index (χ0v) is 15.4. The summed E-state index contributed by atoms with van der Waals surface area (Å²) in [6, 6.07) is 7.42. The van der Waals surface area contributed by atoms with Crippen molar-refractivity contribution in [2.75, 3.05) is 4.72 Å². The molecule has 25 heavy (non-hydrogen) atoms. The molecule has 0 fully saturated rings. The smallest absolute Gasteiger partial charge is 0.280 e. The fourth-order valence-corrected chi connectivity index (χ4v) is 3.73. The van der Waals surface area contributed by atoms with Crippen LogP contribution in [0.25, 0.3) is 11.1 Å². The summed E-state index contributed by atoms with van der Waals surface area (Å²) < 4.78 is 29.2. The Hall–Kier alpha value is -2.67. The number of hydrogen-bond acceptors (Lipinski definition) is 4. The zero-order chi connectivity index (χ0) is 18.2. The molecule has 0 aliphatic carbocycles. The van der Waals surface area contributed by atoms with E-state index < -0.39 is 10.0 Å². The summed E-state index contributed by atoms with van der Waals surface area (Å²) in [7, 11) is -1.95. The van der Waals surface area contributed by atoms with E-state index in [2.05, 4.69) is 14.7 Å². The van der Waals surface area contributed by atoms with Gasteiger partial charge in [0.15, 0.2) is 5.03 Å². The van der Waals surface area contributed by atoms with Crippen LogP contribution < -0.4 is 4.72 Å². The first-order chi connectivity index (χ1) is 11.8. The van der Waals surface area contributed by atoms with E-state index in [9.17, 15) is 8.42 Å². The number of nitrogens with one attached hydrogen (secondary N) is 1. The molecule has 0 aliphatic heterocycles. The fraction of sp³-hybridized carbons (Fsp3) is 0.222. The second kappa shape index (κ2) is 6.33. The molecule has 3 rings (SSSR count). The van der Waals surface area contributed by atoms with Crippen molar-refractivity contribution in [3.05, 3.63) is 59.8 Å². The van der Waals surface area contributed by atoms with E-state index in [0.29, 0.717) is 11.5 Å². The van der Waals surface area contributed by atoms with Gasteiger partial charge in [-0.15, -0.1) is 0 Å². The maximum atomic E-state index is 12.5. The first-order valence-corrected chi connectivity index (χ1v) is 9.30. The van der Waals surface area contributed by atoms with Crippen molar-refractivity contribution < 1.29 is 8.42 Å². The summed E-state index contributed by atoms with van der Waals surface area (Å²) in [4.78, 5) is 8.25. The number of rotatable bonds is 4. The highest BCUT2D eigenvalue weighted by atomic mass is 32.2. The number of anilines is 1. The second-order valence-corrected chi connectivity index (χ2v) is 7.69. The molecule has 0 amide bonds. The summed E-state index contributed by atoms with van der Waals surface area (Å²) in [6.45, 7) is 5.73. The topological polar surface area (TPSA) is 76.9 Å². The first kappa shape index (κ1) is 17.2. The quantitative estimate of drug-likeness (QED) is 0.779. The van der Waals surface area contributed by atoms with Crippen LogP contribution in [0.15, 0.2) is 47.9 Å². The lowest BCUT2D eigenvalue weighted by atomic mass is 9.98. The molecule has 0 radical (unpaired) electrons. The predicted molar refractivity (Wildman–Crippen MR) is 97.9 cm³/mol. The van der Waals surface area contributed by atoms with E-state index >= 15 is 0 Å². The molecule has 130 valence electrons. The SMILES string of the molecule is Cc1cc(NS(=O)(=O)c2cn(C)c(C)n2)ccc1-c1cnccc1C. The third-order valence-electron chi connectivity index (χ3n) is 4.17. The molecule has 6 nitrogen and oxygen atoms in total. The molecule has 0 saturated carbocycles. The number of aromatic nitrogens is 3. The van der Waals surface area contributed by atoms with Gasteiger partial charge in [0.1, 0.15) is 5.82 Å². The van der Waals surface area contributed by atoms with Gasteiger partial charge in [-0.3, -0.25) is 9.71 Å². The zero-order valence-electron chi connectivity index (χ0n) is 14.6. The van der Waals surface area contributed by atoms with Crippen LogP contribution in [0.5, 0.6) is 0 Å². The van der Waals surface area contributed by atoms with Crippen LogP contribution in [0.4, 0.5) is 5.69 Å². The number of sulfonamides is 1.